The third-order valence-electron chi connectivity index (χ3n) is 3.24. The summed E-state index contributed by atoms with van der Waals surface area (Å²) in [6.07, 6.45) is 1.40. The number of hydrogen-bond acceptors (Lipinski definition) is 6. The van der Waals surface area contributed by atoms with Gasteiger partial charge in [0.15, 0.2) is 16.3 Å². The zero-order valence-corrected chi connectivity index (χ0v) is 13.6. The number of aromatic amines is 2. The largest absolute Gasteiger partial charge is 0.497 e. The molecule has 24 heavy (non-hydrogen) atoms. The summed E-state index contributed by atoms with van der Waals surface area (Å²) < 4.78 is 5.14. The Morgan fingerprint density at radius 1 is 1.42 bits per heavy atom. The average Bonchev–Trinajstić information content (AvgIpc) is 3.07. The number of hydrogen-bond donors (Lipinski definition) is 3. The van der Waals surface area contributed by atoms with Crippen LogP contribution in [0.1, 0.15) is 5.56 Å². The minimum absolute atomic E-state index is 0.142. The van der Waals surface area contributed by atoms with Gasteiger partial charge in [0.2, 0.25) is 5.91 Å². The topological polar surface area (TPSA) is 113 Å². The first-order valence-corrected chi connectivity index (χ1v) is 8.10. The molecule has 0 aliphatic carbocycles. The van der Waals surface area contributed by atoms with E-state index in [4.69, 9.17) is 4.74 Å². The molecular formula is C15H15N5O3S. The van der Waals surface area contributed by atoms with Gasteiger partial charge < -0.3 is 15.0 Å². The second-order valence-electron chi connectivity index (χ2n) is 4.89. The summed E-state index contributed by atoms with van der Waals surface area (Å²) in [6, 6.07) is 7.47. The smallest absolute Gasteiger partial charge is 0.277 e. The summed E-state index contributed by atoms with van der Waals surface area (Å²) in [5.41, 5.74) is 1.29. The van der Waals surface area contributed by atoms with Crippen LogP contribution in [0, 0.1) is 0 Å². The lowest BCUT2D eigenvalue weighted by Gasteiger charge is -2.06. The van der Waals surface area contributed by atoms with Crippen LogP contribution in [0.5, 0.6) is 5.75 Å². The molecule has 3 rings (SSSR count). The van der Waals surface area contributed by atoms with Crippen molar-refractivity contribution in [1.82, 2.24) is 25.3 Å². The SMILES string of the molecule is COc1cccc(CNC(=O)CSc2nc3nc[nH]c3c(=O)[nH]2)c1. The van der Waals surface area contributed by atoms with Gasteiger partial charge in [-0.3, -0.25) is 14.6 Å². The van der Waals surface area contributed by atoms with Crippen LogP contribution in [0.2, 0.25) is 0 Å². The van der Waals surface area contributed by atoms with Crippen LogP contribution in [0.15, 0.2) is 40.5 Å². The van der Waals surface area contributed by atoms with Crippen molar-refractivity contribution in [3.8, 4) is 5.75 Å². The van der Waals surface area contributed by atoms with Crippen LogP contribution in [0.25, 0.3) is 11.2 Å². The van der Waals surface area contributed by atoms with Crippen LogP contribution in [0.3, 0.4) is 0 Å². The molecule has 0 unspecified atom stereocenters. The van der Waals surface area contributed by atoms with E-state index in [0.717, 1.165) is 23.1 Å². The van der Waals surface area contributed by atoms with E-state index in [2.05, 4.69) is 25.3 Å². The number of ether oxygens (including phenoxy) is 1. The number of methoxy groups -OCH3 is 1. The molecule has 0 aliphatic heterocycles. The summed E-state index contributed by atoms with van der Waals surface area (Å²) >= 11 is 1.15. The minimum Gasteiger partial charge on any atom is -0.497 e. The maximum Gasteiger partial charge on any atom is 0.277 e. The van der Waals surface area contributed by atoms with Gasteiger partial charge in [-0.2, -0.15) is 0 Å². The number of nitrogens with zero attached hydrogens (tertiary/aromatic N) is 2. The van der Waals surface area contributed by atoms with E-state index >= 15 is 0 Å². The van der Waals surface area contributed by atoms with E-state index < -0.39 is 0 Å². The van der Waals surface area contributed by atoms with Gasteiger partial charge in [-0.05, 0) is 17.7 Å². The van der Waals surface area contributed by atoms with E-state index in [0.29, 0.717) is 22.9 Å². The molecule has 8 nitrogen and oxygen atoms in total. The van der Waals surface area contributed by atoms with Gasteiger partial charge >= 0.3 is 0 Å². The Morgan fingerprint density at radius 2 is 2.29 bits per heavy atom. The second kappa shape index (κ2) is 7.18. The second-order valence-corrected chi connectivity index (χ2v) is 5.85. The molecule has 0 saturated heterocycles. The normalized spacial score (nSPS) is 10.7. The maximum atomic E-state index is 11.9. The number of H-pyrrole nitrogens is 2. The van der Waals surface area contributed by atoms with Crippen molar-refractivity contribution in [2.75, 3.05) is 12.9 Å². The third-order valence-corrected chi connectivity index (χ3v) is 4.11. The number of nitrogens with one attached hydrogen (secondary N) is 3. The van der Waals surface area contributed by atoms with Crippen molar-refractivity contribution in [3.63, 3.8) is 0 Å². The Hall–Kier alpha value is -2.81. The van der Waals surface area contributed by atoms with E-state index in [1.807, 2.05) is 24.3 Å². The zero-order valence-electron chi connectivity index (χ0n) is 12.8. The van der Waals surface area contributed by atoms with Crippen molar-refractivity contribution in [1.29, 1.82) is 0 Å². The molecular weight excluding hydrogens is 330 g/mol. The molecule has 124 valence electrons. The first-order chi connectivity index (χ1) is 11.7. The Kier molecular flexibility index (Phi) is 4.80. The van der Waals surface area contributed by atoms with E-state index in [9.17, 15) is 9.59 Å². The van der Waals surface area contributed by atoms with Gasteiger partial charge in [-0.15, -0.1) is 0 Å². The zero-order chi connectivity index (χ0) is 16.9. The first-order valence-electron chi connectivity index (χ1n) is 7.11. The fraction of sp³-hybridized carbons (Fsp3) is 0.200. The lowest BCUT2D eigenvalue weighted by Crippen LogP contribution is -2.24. The Balaban J connectivity index is 1.55. The maximum absolute atomic E-state index is 11.9. The number of thioether (sulfide) groups is 1. The highest BCUT2D eigenvalue weighted by Crippen LogP contribution is 2.14. The number of amides is 1. The predicted molar refractivity (Wildman–Crippen MR) is 90.1 cm³/mol. The molecule has 3 N–H and O–H groups in total. The van der Waals surface area contributed by atoms with Gasteiger partial charge in [-0.25, -0.2) is 9.97 Å². The Labute approximate surface area is 141 Å². The highest BCUT2D eigenvalue weighted by molar-refractivity contribution is 7.99. The molecule has 2 aromatic heterocycles. The Morgan fingerprint density at radius 3 is 3.12 bits per heavy atom. The number of rotatable bonds is 6. The molecule has 0 fully saturated rings. The highest BCUT2D eigenvalue weighted by Gasteiger charge is 2.09. The van der Waals surface area contributed by atoms with Crippen LogP contribution < -0.4 is 15.6 Å². The minimum atomic E-state index is -0.309. The summed E-state index contributed by atoms with van der Waals surface area (Å²) in [4.78, 5) is 37.2. The molecule has 1 amide bonds. The van der Waals surface area contributed by atoms with Gasteiger partial charge in [-0.1, -0.05) is 23.9 Å². The molecule has 1 aromatic carbocycles. The Bertz CT molecular complexity index is 921. The van der Waals surface area contributed by atoms with Crippen molar-refractivity contribution < 1.29 is 9.53 Å². The van der Waals surface area contributed by atoms with E-state index in [1.54, 1.807) is 7.11 Å². The van der Waals surface area contributed by atoms with Crippen molar-refractivity contribution >= 4 is 28.8 Å². The number of benzene rings is 1. The molecule has 0 aliphatic rings. The van der Waals surface area contributed by atoms with Crippen LogP contribution in [-0.2, 0) is 11.3 Å². The van der Waals surface area contributed by atoms with Crippen molar-refractivity contribution in [3.05, 3.63) is 46.5 Å². The number of carbonyl (C=O) groups is 1. The molecule has 0 atom stereocenters. The van der Waals surface area contributed by atoms with Gasteiger partial charge in [0.1, 0.15) is 5.75 Å². The van der Waals surface area contributed by atoms with E-state index in [-0.39, 0.29) is 17.2 Å². The highest BCUT2D eigenvalue weighted by atomic mass is 32.2. The number of fused-ring (bicyclic) bond motifs is 1. The summed E-state index contributed by atoms with van der Waals surface area (Å²) in [6.45, 7) is 0.402. The molecule has 0 saturated carbocycles. The fourth-order valence-corrected chi connectivity index (χ4v) is 2.74. The quantitative estimate of drug-likeness (QED) is 0.455. The standard InChI is InChI=1S/C15H15N5O3S/c1-23-10-4-2-3-9(5-10)6-16-11(21)7-24-15-19-13-12(14(22)20-15)17-8-18-13/h2-5,8H,6-7H2,1H3,(H,16,21)(H2,17,18,19,20,22). The summed E-state index contributed by atoms with van der Waals surface area (Å²) in [7, 11) is 1.60. The molecule has 0 spiro atoms. The average molecular weight is 345 g/mol. The summed E-state index contributed by atoms with van der Waals surface area (Å²) in [5, 5.41) is 3.17. The van der Waals surface area contributed by atoms with Gasteiger partial charge in [0.05, 0.1) is 19.2 Å². The van der Waals surface area contributed by atoms with Crippen LogP contribution in [0.4, 0.5) is 0 Å². The monoisotopic (exact) mass is 345 g/mol. The van der Waals surface area contributed by atoms with Crippen molar-refractivity contribution in [2.45, 2.75) is 11.7 Å². The third kappa shape index (κ3) is 3.74. The van der Waals surface area contributed by atoms with Crippen LogP contribution in [-0.4, -0.2) is 38.7 Å². The molecule has 0 radical (unpaired) electrons. The van der Waals surface area contributed by atoms with Gasteiger partial charge in [0, 0.05) is 6.54 Å². The summed E-state index contributed by atoms with van der Waals surface area (Å²) in [5.74, 6) is 0.723. The molecule has 9 heteroatoms. The van der Waals surface area contributed by atoms with Crippen LogP contribution >= 0.6 is 11.8 Å². The fourth-order valence-electron chi connectivity index (χ4n) is 2.06. The molecule has 2 heterocycles. The van der Waals surface area contributed by atoms with Crippen molar-refractivity contribution in [2.24, 2.45) is 0 Å². The van der Waals surface area contributed by atoms with Gasteiger partial charge in [0.25, 0.3) is 5.56 Å². The van der Waals surface area contributed by atoms with E-state index in [1.165, 1.54) is 6.33 Å². The molecule has 0 bridgehead atoms. The molecule has 3 aromatic rings. The predicted octanol–water partition coefficient (Wildman–Crippen LogP) is 1.06. The lowest BCUT2D eigenvalue weighted by atomic mass is 10.2. The number of imidazole rings is 1. The number of aromatic nitrogens is 4. The first kappa shape index (κ1) is 16.1. The number of carbonyl (C=O) groups excluding carboxylic acids is 1. The lowest BCUT2D eigenvalue weighted by molar-refractivity contribution is -0.118.